The molecule has 17 heavy (non-hydrogen) atoms. The molecule has 98 valence electrons. The Hall–Kier alpha value is -0.910. The molecule has 1 aliphatic heterocycles. The fourth-order valence-corrected chi connectivity index (χ4v) is 2.98. The number of rotatable bonds is 5. The van der Waals surface area contributed by atoms with Crippen molar-refractivity contribution in [2.24, 2.45) is 0 Å². The van der Waals surface area contributed by atoms with Crippen LogP contribution in [0.3, 0.4) is 0 Å². The van der Waals surface area contributed by atoms with Crippen LogP contribution in [0.2, 0.25) is 0 Å². The van der Waals surface area contributed by atoms with Gasteiger partial charge in [0.1, 0.15) is 6.04 Å². The number of nitrogens with zero attached hydrogens (tertiary/aromatic N) is 1. The highest BCUT2D eigenvalue weighted by atomic mass is 32.2. The molecule has 0 radical (unpaired) electrons. The Labute approximate surface area is 106 Å². The van der Waals surface area contributed by atoms with Crippen LogP contribution in [-0.2, 0) is 4.79 Å². The van der Waals surface area contributed by atoms with Gasteiger partial charge in [-0.15, -0.1) is 11.8 Å². The fraction of sp³-hybridized carbons (Fsp3) is 0.818. The maximum Gasteiger partial charge on any atom is 0.327 e. The molecule has 0 aromatic rings. The van der Waals surface area contributed by atoms with E-state index in [1.165, 1.54) is 16.7 Å². The normalized spacial score (nSPS) is 21.3. The predicted molar refractivity (Wildman–Crippen MR) is 68.1 cm³/mol. The molecule has 0 aromatic carbocycles. The third kappa shape index (κ3) is 3.80. The first-order valence-electron chi connectivity index (χ1n) is 5.97. The monoisotopic (exact) mass is 260 g/mol. The molecule has 2 N–H and O–H groups in total. The number of aliphatic carboxylic acids is 1. The first kappa shape index (κ1) is 14.2. The largest absolute Gasteiger partial charge is 0.480 e. The van der Waals surface area contributed by atoms with Gasteiger partial charge in [-0.3, -0.25) is 0 Å². The van der Waals surface area contributed by atoms with Crippen LogP contribution in [0.4, 0.5) is 4.79 Å². The van der Waals surface area contributed by atoms with E-state index in [0.29, 0.717) is 11.6 Å². The summed E-state index contributed by atoms with van der Waals surface area (Å²) in [4.78, 5) is 24.3. The first-order valence-corrected chi connectivity index (χ1v) is 7.13. The number of amides is 2. The van der Waals surface area contributed by atoms with Crippen LogP contribution in [0, 0.1) is 0 Å². The van der Waals surface area contributed by atoms with Gasteiger partial charge >= 0.3 is 12.0 Å². The minimum absolute atomic E-state index is 0.146. The van der Waals surface area contributed by atoms with Gasteiger partial charge in [0, 0.05) is 11.8 Å². The smallest absolute Gasteiger partial charge is 0.327 e. The van der Waals surface area contributed by atoms with E-state index >= 15 is 0 Å². The molecule has 0 bridgehead atoms. The molecule has 0 spiro atoms. The Kier molecular flexibility index (Phi) is 5.61. The third-order valence-corrected chi connectivity index (χ3v) is 3.90. The van der Waals surface area contributed by atoms with E-state index in [1.54, 1.807) is 0 Å². The summed E-state index contributed by atoms with van der Waals surface area (Å²) >= 11 is 1.48. The highest BCUT2D eigenvalue weighted by Crippen LogP contribution is 2.21. The van der Waals surface area contributed by atoms with Gasteiger partial charge in [-0.1, -0.05) is 20.3 Å². The van der Waals surface area contributed by atoms with Crippen molar-refractivity contribution in [2.75, 3.05) is 11.6 Å². The summed E-state index contributed by atoms with van der Waals surface area (Å²) in [6, 6.07) is -0.783. The van der Waals surface area contributed by atoms with E-state index in [2.05, 4.69) is 12.2 Å². The SMILES string of the molecule is CCCC(CC)NC(=O)N1CSC[C@H]1C(=O)O. The lowest BCUT2D eigenvalue weighted by molar-refractivity contribution is -0.140. The molecule has 5 nitrogen and oxygen atoms in total. The van der Waals surface area contributed by atoms with Crippen LogP contribution in [0.25, 0.3) is 0 Å². The number of carbonyl (C=O) groups excluding carboxylic acids is 1. The topological polar surface area (TPSA) is 69.6 Å². The summed E-state index contributed by atoms with van der Waals surface area (Å²) in [5.74, 6) is 0.0206. The number of urea groups is 1. The van der Waals surface area contributed by atoms with Gasteiger partial charge in [-0.2, -0.15) is 0 Å². The summed E-state index contributed by atoms with van der Waals surface area (Å²) in [7, 11) is 0. The Morgan fingerprint density at radius 1 is 1.53 bits per heavy atom. The summed E-state index contributed by atoms with van der Waals surface area (Å²) < 4.78 is 0. The maximum atomic E-state index is 11.9. The van der Waals surface area contributed by atoms with Crippen molar-refractivity contribution in [1.82, 2.24) is 10.2 Å². The van der Waals surface area contributed by atoms with Gasteiger partial charge in [0.15, 0.2) is 0 Å². The van der Waals surface area contributed by atoms with E-state index in [0.717, 1.165) is 19.3 Å². The van der Waals surface area contributed by atoms with Crippen LogP contribution >= 0.6 is 11.8 Å². The summed E-state index contributed by atoms with van der Waals surface area (Å²) in [6.07, 6.45) is 2.81. The average molecular weight is 260 g/mol. The Balaban J connectivity index is 2.54. The van der Waals surface area contributed by atoms with Crippen LogP contribution < -0.4 is 5.32 Å². The lowest BCUT2D eigenvalue weighted by atomic mass is 10.1. The average Bonchev–Trinajstić information content (AvgIpc) is 2.77. The van der Waals surface area contributed by atoms with Gasteiger partial charge in [0.25, 0.3) is 0 Å². The van der Waals surface area contributed by atoms with Gasteiger partial charge in [0.05, 0.1) is 5.88 Å². The zero-order valence-electron chi connectivity index (χ0n) is 10.3. The van der Waals surface area contributed by atoms with Gasteiger partial charge in [-0.25, -0.2) is 9.59 Å². The first-order chi connectivity index (χ1) is 8.10. The molecule has 6 heteroatoms. The van der Waals surface area contributed by atoms with Crippen LogP contribution in [0.1, 0.15) is 33.1 Å². The molecule has 1 aliphatic rings. The zero-order chi connectivity index (χ0) is 12.8. The number of carboxylic acids is 1. The van der Waals surface area contributed by atoms with E-state index in [4.69, 9.17) is 5.11 Å². The van der Waals surface area contributed by atoms with Gasteiger partial charge in [-0.05, 0) is 12.8 Å². The fourth-order valence-electron chi connectivity index (χ4n) is 1.83. The van der Waals surface area contributed by atoms with Crippen molar-refractivity contribution < 1.29 is 14.7 Å². The second kappa shape index (κ2) is 6.74. The molecule has 1 fully saturated rings. The summed E-state index contributed by atoms with van der Waals surface area (Å²) in [6.45, 7) is 4.09. The van der Waals surface area contributed by atoms with Crippen molar-refractivity contribution in [3.63, 3.8) is 0 Å². The molecule has 2 atom stereocenters. The van der Waals surface area contributed by atoms with Crippen molar-refractivity contribution in [1.29, 1.82) is 0 Å². The number of nitrogens with one attached hydrogen (secondary N) is 1. The second-order valence-corrected chi connectivity index (χ2v) is 5.17. The highest BCUT2D eigenvalue weighted by molar-refractivity contribution is 7.99. The van der Waals surface area contributed by atoms with Crippen molar-refractivity contribution >= 4 is 23.8 Å². The Bertz CT molecular complexity index is 286. The van der Waals surface area contributed by atoms with Crippen LogP contribution in [0.5, 0.6) is 0 Å². The maximum absolute atomic E-state index is 11.9. The van der Waals surface area contributed by atoms with Crippen molar-refractivity contribution in [3.8, 4) is 0 Å². The molecule has 0 aliphatic carbocycles. The van der Waals surface area contributed by atoms with E-state index in [1.807, 2.05) is 6.92 Å². The molecule has 1 saturated heterocycles. The van der Waals surface area contributed by atoms with E-state index in [9.17, 15) is 9.59 Å². The predicted octanol–water partition coefficient (Wildman–Crippen LogP) is 1.73. The number of thioether (sulfide) groups is 1. The molecule has 0 saturated carbocycles. The Morgan fingerprint density at radius 2 is 2.24 bits per heavy atom. The van der Waals surface area contributed by atoms with Gasteiger partial charge < -0.3 is 15.3 Å². The lowest BCUT2D eigenvalue weighted by Gasteiger charge is -2.24. The number of hydrogen-bond donors (Lipinski definition) is 2. The zero-order valence-corrected chi connectivity index (χ0v) is 11.1. The number of hydrogen-bond acceptors (Lipinski definition) is 3. The second-order valence-electron chi connectivity index (χ2n) is 4.17. The highest BCUT2D eigenvalue weighted by Gasteiger charge is 2.34. The minimum atomic E-state index is -0.923. The molecule has 1 unspecified atom stereocenters. The van der Waals surface area contributed by atoms with E-state index in [-0.39, 0.29) is 12.1 Å². The molecule has 1 heterocycles. The lowest BCUT2D eigenvalue weighted by Crippen LogP contribution is -2.49. The molecular weight excluding hydrogens is 240 g/mol. The quantitative estimate of drug-likeness (QED) is 0.790. The van der Waals surface area contributed by atoms with Crippen molar-refractivity contribution in [3.05, 3.63) is 0 Å². The van der Waals surface area contributed by atoms with E-state index < -0.39 is 12.0 Å². The van der Waals surface area contributed by atoms with Crippen LogP contribution in [0.15, 0.2) is 0 Å². The standard InChI is InChI=1S/C11H20N2O3S/c1-3-5-8(4-2)12-11(16)13-7-17-6-9(13)10(14)15/h8-9H,3-7H2,1-2H3,(H,12,16)(H,14,15)/t8?,9-/m0/s1. The number of carbonyl (C=O) groups is 2. The Morgan fingerprint density at radius 3 is 2.76 bits per heavy atom. The van der Waals surface area contributed by atoms with Crippen molar-refractivity contribution in [2.45, 2.75) is 45.2 Å². The number of carboxylic acid groups (broad SMARTS) is 1. The summed E-state index contributed by atoms with van der Waals surface area (Å²) in [5, 5.41) is 11.9. The molecule has 0 aromatic heterocycles. The van der Waals surface area contributed by atoms with Crippen LogP contribution in [-0.4, -0.2) is 45.7 Å². The van der Waals surface area contributed by atoms with Gasteiger partial charge in [0.2, 0.25) is 0 Å². The minimum Gasteiger partial charge on any atom is -0.480 e. The molecule has 2 amide bonds. The molecular formula is C11H20N2O3S. The summed E-state index contributed by atoms with van der Waals surface area (Å²) in [5.41, 5.74) is 0. The third-order valence-electron chi connectivity index (χ3n) is 2.89. The molecule has 1 rings (SSSR count).